The Kier molecular flexibility index (Phi) is 4.00. The molecule has 0 spiro atoms. The van der Waals surface area contributed by atoms with Crippen molar-refractivity contribution in [3.05, 3.63) is 65.0 Å². The van der Waals surface area contributed by atoms with Gasteiger partial charge in [-0.2, -0.15) is 0 Å². The normalized spacial score (nSPS) is 19.0. The Bertz CT molecular complexity index is 722. The molecule has 0 saturated carbocycles. The third-order valence-corrected chi connectivity index (χ3v) is 4.14. The van der Waals surface area contributed by atoms with E-state index in [9.17, 15) is 0 Å². The number of fused-ring (bicyclic) bond motifs is 1. The first-order valence-electron chi connectivity index (χ1n) is 7.66. The van der Waals surface area contributed by atoms with Crippen LogP contribution in [0.3, 0.4) is 0 Å². The lowest BCUT2D eigenvalue weighted by molar-refractivity contribution is 0.0491. The smallest absolute Gasteiger partial charge is 0.0844 e. The van der Waals surface area contributed by atoms with Gasteiger partial charge in [0, 0.05) is 35.7 Å². The van der Waals surface area contributed by atoms with Gasteiger partial charge in [0.15, 0.2) is 0 Å². The number of methoxy groups -OCH3 is 1. The number of benzene rings is 1. The quantitative estimate of drug-likeness (QED) is 0.737. The molecule has 1 aliphatic carbocycles. The first-order valence-corrected chi connectivity index (χ1v) is 7.66. The van der Waals surface area contributed by atoms with Crippen LogP contribution in [-0.4, -0.2) is 12.1 Å². The minimum Gasteiger partial charge on any atom is -0.377 e. The van der Waals surface area contributed by atoms with Gasteiger partial charge >= 0.3 is 0 Å². The van der Waals surface area contributed by atoms with E-state index in [1.54, 1.807) is 7.11 Å². The molecule has 2 nitrogen and oxygen atoms in total. The average molecular weight is 291 g/mol. The van der Waals surface area contributed by atoms with E-state index in [1.807, 2.05) is 36.5 Å². The van der Waals surface area contributed by atoms with Crippen molar-refractivity contribution in [3.63, 3.8) is 0 Å². The molecule has 0 unspecified atom stereocenters. The largest absolute Gasteiger partial charge is 0.377 e. The molecule has 2 heteroatoms. The molecule has 0 fully saturated rings. The van der Waals surface area contributed by atoms with Crippen molar-refractivity contribution in [1.82, 2.24) is 4.98 Å². The molecule has 0 bridgehead atoms. The Labute approximate surface area is 132 Å². The van der Waals surface area contributed by atoms with Crippen LogP contribution in [0.15, 0.2) is 42.6 Å². The predicted octanol–water partition coefficient (Wildman–Crippen LogP) is 4.14. The number of aromatic nitrogens is 1. The topological polar surface area (TPSA) is 22.1 Å². The summed E-state index contributed by atoms with van der Waals surface area (Å²) in [6, 6.07) is 12.2. The Balaban J connectivity index is 1.93. The van der Waals surface area contributed by atoms with E-state index in [-0.39, 0.29) is 11.5 Å². The molecule has 1 aromatic carbocycles. The molecule has 2 aromatic rings. The second-order valence-electron chi connectivity index (χ2n) is 6.65. The average Bonchev–Trinajstić information content (AvgIpc) is 2.52. The van der Waals surface area contributed by atoms with Crippen LogP contribution in [0.4, 0.5) is 0 Å². The molecule has 0 amide bonds. The highest BCUT2D eigenvalue weighted by atomic mass is 16.5. The zero-order chi connectivity index (χ0) is 15.6. The van der Waals surface area contributed by atoms with E-state index in [4.69, 9.17) is 4.74 Å². The van der Waals surface area contributed by atoms with Crippen molar-refractivity contribution < 1.29 is 4.74 Å². The van der Waals surface area contributed by atoms with Crippen LogP contribution < -0.4 is 0 Å². The molecular formula is C20H21NO. The first kappa shape index (κ1) is 14.8. The second kappa shape index (κ2) is 5.94. The lowest BCUT2D eigenvalue weighted by atomic mass is 9.74. The third kappa shape index (κ3) is 3.21. The first-order chi connectivity index (χ1) is 10.6. The van der Waals surface area contributed by atoms with Crippen LogP contribution in [0.1, 0.15) is 48.8 Å². The van der Waals surface area contributed by atoms with E-state index in [1.165, 1.54) is 5.56 Å². The molecule has 1 aromatic heterocycles. The summed E-state index contributed by atoms with van der Waals surface area (Å²) in [6.45, 7) is 4.54. The van der Waals surface area contributed by atoms with Crippen molar-refractivity contribution in [2.75, 3.05) is 7.11 Å². The van der Waals surface area contributed by atoms with Gasteiger partial charge in [-0.15, -0.1) is 0 Å². The Hall–Kier alpha value is -2.11. The van der Waals surface area contributed by atoms with Crippen LogP contribution in [-0.2, 0) is 11.2 Å². The van der Waals surface area contributed by atoms with E-state index in [0.29, 0.717) is 0 Å². The van der Waals surface area contributed by atoms with Gasteiger partial charge in [-0.3, -0.25) is 4.98 Å². The summed E-state index contributed by atoms with van der Waals surface area (Å²) >= 11 is 0. The molecule has 3 rings (SSSR count). The van der Waals surface area contributed by atoms with E-state index >= 15 is 0 Å². The van der Waals surface area contributed by atoms with E-state index < -0.39 is 0 Å². The van der Waals surface area contributed by atoms with E-state index in [2.05, 4.69) is 36.7 Å². The summed E-state index contributed by atoms with van der Waals surface area (Å²) in [5, 5.41) is 0. The van der Waals surface area contributed by atoms with Crippen LogP contribution in [0, 0.1) is 17.3 Å². The summed E-state index contributed by atoms with van der Waals surface area (Å²) in [5.41, 5.74) is 4.54. The summed E-state index contributed by atoms with van der Waals surface area (Å²) < 4.78 is 5.68. The van der Waals surface area contributed by atoms with Gasteiger partial charge in [-0.05, 0) is 36.5 Å². The number of rotatable bonds is 1. The summed E-state index contributed by atoms with van der Waals surface area (Å²) in [6.07, 6.45) is 4.01. The Morgan fingerprint density at radius 1 is 1.14 bits per heavy atom. The van der Waals surface area contributed by atoms with Crippen LogP contribution in [0.25, 0.3) is 0 Å². The van der Waals surface area contributed by atoms with Crippen molar-refractivity contribution in [2.24, 2.45) is 5.41 Å². The maximum absolute atomic E-state index is 5.68. The number of nitrogens with zero attached hydrogens (tertiary/aromatic N) is 1. The number of hydrogen-bond donors (Lipinski definition) is 0. The van der Waals surface area contributed by atoms with Crippen LogP contribution in [0.5, 0.6) is 0 Å². The molecule has 0 radical (unpaired) electrons. The SMILES string of the molecule is CO[C@@H]1CC(C)(C)Cc2ncc(C#Cc3ccccc3)cc21. The molecule has 1 heterocycles. The number of hydrogen-bond acceptors (Lipinski definition) is 2. The highest BCUT2D eigenvalue weighted by Crippen LogP contribution is 2.41. The van der Waals surface area contributed by atoms with Gasteiger partial charge in [-0.1, -0.05) is 43.9 Å². The number of ether oxygens (including phenoxy) is 1. The lowest BCUT2D eigenvalue weighted by Crippen LogP contribution is -2.27. The maximum atomic E-state index is 5.68. The second-order valence-corrected chi connectivity index (χ2v) is 6.65. The zero-order valence-corrected chi connectivity index (χ0v) is 13.4. The minimum absolute atomic E-state index is 0.115. The minimum atomic E-state index is 0.115. The van der Waals surface area contributed by atoms with Crippen molar-refractivity contribution in [3.8, 4) is 11.8 Å². The summed E-state index contributed by atoms with van der Waals surface area (Å²) in [4.78, 5) is 4.64. The summed E-state index contributed by atoms with van der Waals surface area (Å²) in [5.74, 6) is 6.39. The van der Waals surface area contributed by atoms with Gasteiger partial charge < -0.3 is 4.74 Å². The van der Waals surface area contributed by atoms with Gasteiger partial charge in [0.25, 0.3) is 0 Å². The Morgan fingerprint density at radius 3 is 2.59 bits per heavy atom. The van der Waals surface area contributed by atoms with Crippen molar-refractivity contribution in [2.45, 2.75) is 32.8 Å². The zero-order valence-electron chi connectivity index (χ0n) is 13.4. The summed E-state index contributed by atoms with van der Waals surface area (Å²) in [7, 11) is 1.78. The van der Waals surface area contributed by atoms with Gasteiger partial charge in [0.2, 0.25) is 0 Å². The van der Waals surface area contributed by atoms with Crippen molar-refractivity contribution >= 4 is 0 Å². The highest BCUT2D eigenvalue weighted by Gasteiger charge is 2.33. The standard InChI is InChI=1S/C20H21NO/c1-20(2)12-18-17(19(13-20)22-3)11-16(14-21-18)10-9-15-7-5-4-6-8-15/h4-8,11,14,19H,12-13H2,1-3H3/t19-/m1/s1. The lowest BCUT2D eigenvalue weighted by Gasteiger charge is -2.35. The van der Waals surface area contributed by atoms with Gasteiger partial charge in [0.1, 0.15) is 0 Å². The molecule has 0 aliphatic heterocycles. The van der Waals surface area contributed by atoms with Gasteiger partial charge in [0.05, 0.1) is 6.10 Å². The molecule has 1 atom stereocenters. The fourth-order valence-corrected chi connectivity index (χ4v) is 3.02. The van der Waals surface area contributed by atoms with Crippen LogP contribution in [0.2, 0.25) is 0 Å². The molecule has 22 heavy (non-hydrogen) atoms. The monoisotopic (exact) mass is 291 g/mol. The van der Waals surface area contributed by atoms with Gasteiger partial charge in [-0.25, -0.2) is 0 Å². The van der Waals surface area contributed by atoms with E-state index in [0.717, 1.165) is 29.7 Å². The molecule has 1 aliphatic rings. The Morgan fingerprint density at radius 2 is 1.86 bits per heavy atom. The molecule has 0 saturated heterocycles. The maximum Gasteiger partial charge on any atom is 0.0844 e. The van der Waals surface area contributed by atoms with Crippen LogP contribution >= 0.6 is 0 Å². The molecule has 112 valence electrons. The predicted molar refractivity (Wildman–Crippen MR) is 88.5 cm³/mol. The molecule has 0 N–H and O–H groups in total. The fourth-order valence-electron chi connectivity index (χ4n) is 3.02. The van der Waals surface area contributed by atoms with Crippen molar-refractivity contribution in [1.29, 1.82) is 0 Å². The fraction of sp³-hybridized carbons (Fsp3) is 0.350. The highest BCUT2D eigenvalue weighted by molar-refractivity contribution is 5.44. The third-order valence-electron chi connectivity index (χ3n) is 4.14. The number of pyridine rings is 1. The molecular weight excluding hydrogens is 270 g/mol.